The molecule has 1 aromatic carbocycles. The summed E-state index contributed by atoms with van der Waals surface area (Å²) in [7, 11) is -1.71. The second-order valence-corrected chi connectivity index (χ2v) is 5.98. The van der Waals surface area contributed by atoms with Gasteiger partial charge >= 0.3 is 5.97 Å². The van der Waals surface area contributed by atoms with E-state index in [9.17, 15) is 13.2 Å². The number of nitrogen functional groups attached to an aromatic ring is 1. The van der Waals surface area contributed by atoms with Gasteiger partial charge in [-0.3, -0.25) is 0 Å². The molecule has 0 aliphatic rings. The molecule has 1 aromatic rings. The van der Waals surface area contributed by atoms with Crippen LogP contribution in [0.4, 0.5) is 5.69 Å². The van der Waals surface area contributed by atoms with Crippen LogP contribution in [0.25, 0.3) is 0 Å². The molecule has 0 unspecified atom stereocenters. The summed E-state index contributed by atoms with van der Waals surface area (Å²) < 4.78 is 31.5. The van der Waals surface area contributed by atoms with Gasteiger partial charge in [-0.25, -0.2) is 13.2 Å². The van der Waals surface area contributed by atoms with Crippen LogP contribution in [-0.2, 0) is 14.6 Å². The summed E-state index contributed by atoms with van der Waals surface area (Å²) >= 11 is 0. The fourth-order valence-corrected chi connectivity index (χ4v) is 1.59. The Morgan fingerprint density at radius 3 is 2.61 bits per heavy atom. The highest BCUT2D eigenvalue weighted by atomic mass is 32.2. The number of sulfone groups is 1. The van der Waals surface area contributed by atoms with Crippen molar-refractivity contribution in [2.75, 3.05) is 31.5 Å². The lowest BCUT2D eigenvalue weighted by molar-refractivity contribution is 0.0529. The molecule has 18 heavy (non-hydrogen) atoms. The Bertz CT molecular complexity index is 538. The number of hydrogen-bond acceptors (Lipinski definition) is 6. The first kappa shape index (κ1) is 14.3. The van der Waals surface area contributed by atoms with E-state index < -0.39 is 15.8 Å². The highest BCUT2D eigenvalue weighted by Gasteiger charge is 2.11. The summed E-state index contributed by atoms with van der Waals surface area (Å²) in [5.74, 6) is -0.449. The van der Waals surface area contributed by atoms with E-state index in [0.29, 0.717) is 11.4 Å². The number of ether oxygens (including phenoxy) is 2. The molecule has 0 saturated heterocycles. The molecule has 0 spiro atoms. The molecule has 2 N–H and O–H groups in total. The van der Waals surface area contributed by atoms with Crippen molar-refractivity contribution in [2.45, 2.75) is 0 Å². The van der Waals surface area contributed by atoms with Crippen LogP contribution in [0.2, 0.25) is 0 Å². The summed E-state index contributed by atoms with van der Waals surface area (Å²) in [4.78, 5) is 11.6. The third-order valence-corrected chi connectivity index (χ3v) is 3.06. The molecule has 0 saturated carbocycles. The van der Waals surface area contributed by atoms with Gasteiger partial charge in [-0.05, 0) is 18.2 Å². The predicted molar refractivity (Wildman–Crippen MR) is 67.4 cm³/mol. The third-order valence-electron chi connectivity index (χ3n) is 2.16. The maximum Gasteiger partial charge on any atom is 0.338 e. The molecule has 0 radical (unpaired) electrons. The first-order chi connectivity index (χ1) is 8.33. The van der Waals surface area contributed by atoms with Gasteiger partial charge in [0.05, 0.1) is 24.1 Å². The van der Waals surface area contributed by atoms with E-state index in [4.69, 9.17) is 15.2 Å². The summed E-state index contributed by atoms with van der Waals surface area (Å²) in [5.41, 5.74) is 6.27. The van der Waals surface area contributed by atoms with Crippen LogP contribution in [0.5, 0.6) is 5.75 Å². The highest BCUT2D eigenvalue weighted by molar-refractivity contribution is 7.90. The van der Waals surface area contributed by atoms with Crippen molar-refractivity contribution in [1.29, 1.82) is 0 Å². The average Bonchev–Trinajstić information content (AvgIpc) is 2.27. The van der Waals surface area contributed by atoms with Gasteiger partial charge in [-0.1, -0.05) is 0 Å². The average molecular weight is 273 g/mol. The molecule has 0 bridgehead atoms. The fourth-order valence-electron chi connectivity index (χ4n) is 1.21. The topological polar surface area (TPSA) is 95.7 Å². The molecule has 1 rings (SSSR count). The quantitative estimate of drug-likeness (QED) is 0.619. The molecule has 0 atom stereocenters. The Labute approximate surface area is 106 Å². The zero-order valence-electron chi connectivity index (χ0n) is 10.2. The maximum absolute atomic E-state index is 11.6. The molecule has 0 heterocycles. The van der Waals surface area contributed by atoms with Crippen LogP contribution < -0.4 is 10.5 Å². The zero-order chi connectivity index (χ0) is 13.8. The number of anilines is 1. The monoisotopic (exact) mass is 273 g/mol. The van der Waals surface area contributed by atoms with Crippen LogP contribution in [0.1, 0.15) is 10.4 Å². The molecule has 0 aromatic heterocycles. The Hall–Kier alpha value is -1.76. The Balaban J connectivity index is 2.67. The van der Waals surface area contributed by atoms with E-state index >= 15 is 0 Å². The van der Waals surface area contributed by atoms with Crippen molar-refractivity contribution in [3.8, 4) is 5.75 Å². The van der Waals surface area contributed by atoms with E-state index in [1.807, 2.05) is 0 Å². The predicted octanol–water partition coefficient (Wildman–Crippen LogP) is 0.479. The highest BCUT2D eigenvalue weighted by Crippen LogP contribution is 2.22. The van der Waals surface area contributed by atoms with Crippen LogP contribution in [0, 0.1) is 0 Å². The Kier molecular flexibility index (Phi) is 4.55. The maximum atomic E-state index is 11.6. The fraction of sp³-hybridized carbons (Fsp3) is 0.364. The lowest BCUT2D eigenvalue weighted by atomic mass is 10.2. The van der Waals surface area contributed by atoms with Crippen molar-refractivity contribution >= 4 is 21.5 Å². The number of esters is 1. The molecule has 100 valence electrons. The minimum atomic E-state index is -3.14. The van der Waals surface area contributed by atoms with Crippen LogP contribution >= 0.6 is 0 Å². The van der Waals surface area contributed by atoms with E-state index in [0.717, 1.165) is 6.26 Å². The van der Waals surface area contributed by atoms with E-state index in [1.165, 1.54) is 25.3 Å². The summed E-state index contributed by atoms with van der Waals surface area (Å²) in [6.07, 6.45) is 1.08. The van der Waals surface area contributed by atoms with Gasteiger partial charge in [0, 0.05) is 6.26 Å². The minimum Gasteiger partial charge on any atom is -0.495 e. The summed E-state index contributed by atoms with van der Waals surface area (Å²) in [5, 5.41) is 0. The molecule has 0 aliphatic carbocycles. The summed E-state index contributed by atoms with van der Waals surface area (Å²) in [6, 6.07) is 4.45. The summed E-state index contributed by atoms with van der Waals surface area (Å²) in [6.45, 7) is -0.176. The number of hydrogen-bond donors (Lipinski definition) is 1. The minimum absolute atomic E-state index is 0.176. The molecule has 0 fully saturated rings. The third kappa shape index (κ3) is 4.25. The van der Waals surface area contributed by atoms with Gasteiger partial charge in [0.1, 0.15) is 12.4 Å². The number of rotatable bonds is 5. The van der Waals surface area contributed by atoms with Crippen LogP contribution in [-0.4, -0.2) is 40.1 Å². The van der Waals surface area contributed by atoms with E-state index in [-0.39, 0.29) is 17.9 Å². The molecule has 0 amide bonds. The van der Waals surface area contributed by atoms with Crippen LogP contribution in [0.15, 0.2) is 18.2 Å². The second kappa shape index (κ2) is 5.72. The molecule has 6 nitrogen and oxygen atoms in total. The Morgan fingerprint density at radius 1 is 1.39 bits per heavy atom. The standard InChI is InChI=1S/C11H15NO5S/c1-16-10-7-8(3-4-9(10)12)11(13)17-5-6-18(2,14)15/h3-4,7H,5-6,12H2,1-2H3. The number of carbonyl (C=O) groups excluding carboxylic acids is 1. The first-order valence-corrected chi connectivity index (χ1v) is 7.18. The number of nitrogens with two attached hydrogens (primary N) is 1. The SMILES string of the molecule is COc1cc(C(=O)OCCS(C)(=O)=O)ccc1N. The largest absolute Gasteiger partial charge is 0.495 e. The van der Waals surface area contributed by atoms with E-state index in [1.54, 1.807) is 0 Å². The van der Waals surface area contributed by atoms with Gasteiger partial charge < -0.3 is 15.2 Å². The smallest absolute Gasteiger partial charge is 0.338 e. The van der Waals surface area contributed by atoms with Crippen molar-refractivity contribution in [1.82, 2.24) is 0 Å². The number of benzene rings is 1. The van der Waals surface area contributed by atoms with Gasteiger partial charge in [0.15, 0.2) is 9.84 Å². The van der Waals surface area contributed by atoms with Crippen molar-refractivity contribution in [3.05, 3.63) is 23.8 Å². The van der Waals surface area contributed by atoms with Crippen molar-refractivity contribution in [2.24, 2.45) is 0 Å². The molecule has 7 heteroatoms. The van der Waals surface area contributed by atoms with E-state index in [2.05, 4.69) is 0 Å². The first-order valence-electron chi connectivity index (χ1n) is 5.12. The number of carbonyl (C=O) groups is 1. The van der Waals surface area contributed by atoms with Crippen molar-refractivity contribution in [3.63, 3.8) is 0 Å². The number of methoxy groups -OCH3 is 1. The van der Waals surface area contributed by atoms with Gasteiger partial charge in [-0.2, -0.15) is 0 Å². The normalized spacial score (nSPS) is 11.0. The zero-order valence-corrected chi connectivity index (χ0v) is 11.0. The van der Waals surface area contributed by atoms with Gasteiger partial charge in [0.2, 0.25) is 0 Å². The molecular formula is C11H15NO5S. The Morgan fingerprint density at radius 2 is 2.06 bits per heavy atom. The molecule has 0 aliphatic heterocycles. The van der Waals surface area contributed by atoms with Crippen molar-refractivity contribution < 1.29 is 22.7 Å². The van der Waals surface area contributed by atoms with Gasteiger partial charge in [-0.15, -0.1) is 0 Å². The van der Waals surface area contributed by atoms with Gasteiger partial charge in [0.25, 0.3) is 0 Å². The lowest BCUT2D eigenvalue weighted by Crippen LogP contribution is -2.14. The molecular weight excluding hydrogens is 258 g/mol. The lowest BCUT2D eigenvalue weighted by Gasteiger charge is -2.07. The van der Waals surface area contributed by atoms with Crippen LogP contribution in [0.3, 0.4) is 0 Å². The second-order valence-electron chi connectivity index (χ2n) is 3.72.